The van der Waals surface area contributed by atoms with Gasteiger partial charge in [0.15, 0.2) is 9.84 Å². The molecule has 2 heterocycles. The predicted molar refractivity (Wildman–Crippen MR) is 79.1 cm³/mol. The Labute approximate surface area is 124 Å². The number of benzene rings is 1. The summed E-state index contributed by atoms with van der Waals surface area (Å²) in [5.41, 5.74) is 1.93. The molecule has 21 heavy (non-hydrogen) atoms. The van der Waals surface area contributed by atoms with Crippen LogP contribution >= 0.6 is 0 Å². The summed E-state index contributed by atoms with van der Waals surface area (Å²) >= 11 is 0. The van der Waals surface area contributed by atoms with Gasteiger partial charge in [-0.3, -0.25) is 4.79 Å². The molecule has 1 aromatic rings. The van der Waals surface area contributed by atoms with Gasteiger partial charge in [-0.1, -0.05) is 12.1 Å². The molecule has 0 N–H and O–H groups in total. The normalized spacial score (nSPS) is 26.1. The van der Waals surface area contributed by atoms with Crippen LogP contribution in [0.4, 0.5) is 0 Å². The quantitative estimate of drug-likeness (QED) is 0.834. The summed E-state index contributed by atoms with van der Waals surface area (Å²) in [5, 5.41) is -0.343. The van der Waals surface area contributed by atoms with Crippen LogP contribution in [0.15, 0.2) is 18.2 Å². The summed E-state index contributed by atoms with van der Waals surface area (Å²) in [6.45, 7) is 2.30. The van der Waals surface area contributed by atoms with Crippen molar-refractivity contribution in [3.8, 4) is 5.75 Å². The summed E-state index contributed by atoms with van der Waals surface area (Å²) in [7, 11) is -1.33. The standard InChI is InChI=1S/C15H19NO4S/c1-10-5-11(3-4-14(10)20-2)6-15(17)16-8-13-7-12(16)9-21(13,18)19/h3-5,12-13H,6-9H2,1-2H3. The molecule has 2 bridgehead atoms. The molecule has 0 radical (unpaired) electrons. The highest BCUT2D eigenvalue weighted by molar-refractivity contribution is 7.92. The Kier molecular flexibility index (Phi) is 3.43. The van der Waals surface area contributed by atoms with Crippen LogP contribution in [-0.2, 0) is 21.1 Å². The molecule has 2 atom stereocenters. The number of hydrogen-bond donors (Lipinski definition) is 0. The second-order valence-corrected chi connectivity index (χ2v) is 8.19. The number of amides is 1. The number of nitrogens with zero attached hydrogens (tertiary/aromatic N) is 1. The number of rotatable bonds is 3. The van der Waals surface area contributed by atoms with Gasteiger partial charge in [0.25, 0.3) is 0 Å². The summed E-state index contributed by atoms with van der Waals surface area (Å²) in [6.07, 6.45) is 0.920. The van der Waals surface area contributed by atoms with E-state index in [1.54, 1.807) is 12.0 Å². The maximum absolute atomic E-state index is 12.4. The Balaban J connectivity index is 1.70. The number of fused-ring (bicyclic) bond motifs is 2. The number of sulfone groups is 1. The van der Waals surface area contributed by atoms with Crippen LogP contribution < -0.4 is 4.74 Å². The van der Waals surface area contributed by atoms with Gasteiger partial charge in [-0.25, -0.2) is 8.42 Å². The van der Waals surface area contributed by atoms with E-state index in [4.69, 9.17) is 4.74 Å². The Morgan fingerprint density at radius 2 is 2.19 bits per heavy atom. The first-order valence-corrected chi connectivity index (χ1v) is 8.77. The molecular weight excluding hydrogens is 290 g/mol. The summed E-state index contributed by atoms with van der Waals surface area (Å²) < 4.78 is 28.6. The lowest BCUT2D eigenvalue weighted by atomic mass is 10.1. The lowest BCUT2D eigenvalue weighted by molar-refractivity contribution is -0.131. The molecule has 1 amide bonds. The van der Waals surface area contributed by atoms with Gasteiger partial charge in [0.1, 0.15) is 5.75 Å². The molecule has 0 aromatic heterocycles. The smallest absolute Gasteiger partial charge is 0.227 e. The van der Waals surface area contributed by atoms with Crippen LogP contribution in [0.5, 0.6) is 5.75 Å². The van der Waals surface area contributed by atoms with E-state index in [1.165, 1.54) is 0 Å². The maximum atomic E-state index is 12.4. The molecule has 114 valence electrons. The first kappa shape index (κ1) is 14.4. The largest absolute Gasteiger partial charge is 0.496 e. The topological polar surface area (TPSA) is 63.7 Å². The number of methoxy groups -OCH3 is 1. The van der Waals surface area contributed by atoms with Crippen molar-refractivity contribution in [1.82, 2.24) is 4.90 Å². The van der Waals surface area contributed by atoms with Gasteiger partial charge < -0.3 is 9.64 Å². The number of likely N-dealkylation sites (tertiary alicyclic amines) is 1. The van der Waals surface area contributed by atoms with Crippen molar-refractivity contribution < 1.29 is 17.9 Å². The van der Waals surface area contributed by atoms with Crippen LogP contribution in [-0.4, -0.2) is 49.9 Å². The summed E-state index contributed by atoms with van der Waals surface area (Å²) in [4.78, 5) is 14.1. The van der Waals surface area contributed by atoms with Crippen LogP contribution in [0, 0.1) is 6.92 Å². The summed E-state index contributed by atoms with van der Waals surface area (Å²) in [6, 6.07) is 5.57. The van der Waals surface area contributed by atoms with Gasteiger partial charge >= 0.3 is 0 Å². The minimum atomic E-state index is -2.95. The Morgan fingerprint density at radius 3 is 2.71 bits per heavy atom. The molecule has 2 aliphatic heterocycles. The molecule has 3 rings (SSSR count). The molecule has 2 saturated heterocycles. The van der Waals surface area contributed by atoms with Gasteiger partial charge in [-0.2, -0.15) is 0 Å². The van der Waals surface area contributed by atoms with Crippen LogP contribution in [0.1, 0.15) is 17.5 Å². The van der Waals surface area contributed by atoms with Crippen molar-refractivity contribution in [2.45, 2.75) is 31.1 Å². The average molecular weight is 309 g/mol. The fraction of sp³-hybridized carbons (Fsp3) is 0.533. The monoisotopic (exact) mass is 309 g/mol. The number of aryl methyl sites for hydroxylation is 1. The Hall–Kier alpha value is -1.56. The van der Waals surface area contributed by atoms with E-state index in [0.717, 1.165) is 16.9 Å². The van der Waals surface area contributed by atoms with Crippen LogP contribution in [0.25, 0.3) is 0 Å². The van der Waals surface area contributed by atoms with Gasteiger partial charge in [0.2, 0.25) is 5.91 Å². The number of ether oxygens (including phenoxy) is 1. The van der Waals surface area contributed by atoms with Gasteiger partial charge in [-0.15, -0.1) is 0 Å². The molecule has 2 unspecified atom stereocenters. The van der Waals surface area contributed by atoms with Crippen molar-refractivity contribution in [3.63, 3.8) is 0 Å². The van der Waals surface area contributed by atoms with Gasteiger partial charge in [-0.05, 0) is 30.5 Å². The third-order valence-electron chi connectivity index (χ3n) is 4.44. The molecule has 0 saturated carbocycles. The van der Waals surface area contributed by atoms with Crippen molar-refractivity contribution in [2.24, 2.45) is 0 Å². The molecule has 6 heteroatoms. The maximum Gasteiger partial charge on any atom is 0.227 e. The first-order valence-electron chi connectivity index (χ1n) is 7.05. The van der Waals surface area contributed by atoms with E-state index in [1.807, 2.05) is 25.1 Å². The van der Waals surface area contributed by atoms with Crippen molar-refractivity contribution in [3.05, 3.63) is 29.3 Å². The predicted octanol–water partition coefficient (Wildman–Crippen LogP) is 0.944. The minimum absolute atomic E-state index is 0.0157. The van der Waals surface area contributed by atoms with Crippen LogP contribution in [0.2, 0.25) is 0 Å². The zero-order valence-electron chi connectivity index (χ0n) is 12.2. The first-order chi connectivity index (χ1) is 9.90. The van der Waals surface area contributed by atoms with E-state index in [2.05, 4.69) is 0 Å². The zero-order chi connectivity index (χ0) is 15.2. The highest BCUT2D eigenvalue weighted by Crippen LogP contribution is 2.33. The second kappa shape index (κ2) is 5.02. The Bertz CT molecular complexity index is 683. The van der Waals surface area contributed by atoms with E-state index in [0.29, 0.717) is 19.4 Å². The molecule has 2 aliphatic rings. The van der Waals surface area contributed by atoms with E-state index in [9.17, 15) is 13.2 Å². The molecule has 2 fully saturated rings. The Morgan fingerprint density at radius 1 is 1.43 bits per heavy atom. The number of carbonyl (C=O) groups is 1. The van der Waals surface area contributed by atoms with E-state index in [-0.39, 0.29) is 23.0 Å². The highest BCUT2D eigenvalue weighted by Gasteiger charge is 2.49. The third kappa shape index (κ3) is 2.52. The SMILES string of the molecule is COc1ccc(CC(=O)N2CC3CC2CS3(=O)=O)cc1C. The lowest BCUT2D eigenvalue weighted by Crippen LogP contribution is -2.44. The van der Waals surface area contributed by atoms with Crippen LogP contribution in [0.3, 0.4) is 0 Å². The zero-order valence-corrected chi connectivity index (χ0v) is 13.0. The van der Waals surface area contributed by atoms with Crippen molar-refractivity contribution in [1.29, 1.82) is 0 Å². The fourth-order valence-electron chi connectivity index (χ4n) is 3.33. The fourth-order valence-corrected chi connectivity index (χ4v) is 5.36. The van der Waals surface area contributed by atoms with Gasteiger partial charge in [0, 0.05) is 12.6 Å². The van der Waals surface area contributed by atoms with E-state index < -0.39 is 9.84 Å². The molecule has 1 aromatic carbocycles. The molecule has 0 aliphatic carbocycles. The van der Waals surface area contributed by atoms with E-state index >= 15 is 0 Å². The summed E-state index contributed by atoms with van der Waals surface area (Å²) in [5.74, 6) is 0.949. The third-order valence-corrected chi connectivity index (χ3v) is 6.65. The van der Waals surface area contributed by atoms with Crippen molar-refractivity contribution >= 4 is 15.7 Å². The second-order valence-electron chi connectivity index (χ2n) is 5.87. The average Bonchev–Trinajstić information content (AvgIpc) is 2.94. The lowest BCUT2D eigenvalue weighted by Gasteiger charge is -2.27. The number of hydrogen-bond acceptors (Lipinski definition) is 4. The van der Waals surface area contributed by atoms with Crippen molar-refractivity contribution in [2.75, 3.05) is 19.4 Å². The molecular formula is C15H19NO4S. The highest BCUT2D eigenvalue weighted by atomic mass is 32.2. The number of carbonyl (C=O) groups excluding carboxylic acids is 1. The minimum Gasteiger partial charge on any atom is -0.496 e. The molecule has 5 nitrogen and oxygen atoms in total. The molecule has 0 spiro atoms. The van der Waals surface area contributed by atoms with Gasteiger partial charge in [0.05, 0.1) is 24.5 Å².